The van der Waals surface area contributed by atoms with Gasteiger partial charge < -0.3 is 9.88 Å². The summed E-state index contributed by atoms with van der Waals surface area (Å²) in [5.74, 6) is 0.893. The highest BCUT2D eigenvalue weighted by atomic mass is 19.1. The molecule has 2 heterocycles. The summed E-state index contributed by atoms with van der Waals surface area (Å²) in [5.41, 5.74) is 1.87. The Kier molecular flexibility index (Phi) is 3.50. The number of rotatable bonds is 3. The van der Waals surface area contributed by atoms with Gasteiger partial charge in [0.25, 0.3) is 0 Å². The molecule has 4 heteroatoms. The van der Waals surface area contributed by atoms with Crippen LogP contribution in [0, 0.1) is 5.82 Å². The second-order valence-corrected chi connectivity index (χ2v) is 6.06. The lowest BCUT2D eigenvalue weighted by atomic mass is 9.82. The average molecular weight is 275 g/mol. The van der Waals surface area contributed by atoms with Crippen molar-refractivity contribution in [2.75, 3.05) is 13.1 Å². The summed E-state index contributed by atoms with van der Waals surface area (Å²) < 4.78 is 15.7. The highest BCUT2D eigenvalue weighted by Gasteiger charge is 2.33. The highest BCUT2D eigenvalue weighted by molar-refractivity contribution is 5.76. The number of hydrogen-bond donors (Lipinski definition) is 1. The highest BCUT2D eigenvalue weighted by Crippen LogP contribution is 2.32. The Morgan fingerprint density at radius 3 is 3.00 bits per heavy atom. The van der Waals surface area contributed by atoms with Crippen molar-refractivity contribution in [2.45, 2.75) is 45.1 Å². The number of nitrogens with zero attached hydrogens (tertiary/aromatic N) is 2. The van der Waals surface area contributed by atoms with Crippen LogP contribution in [-0.2, 0) is 12.0 Å². The Balaban J connectivity index is 2.15. The first-order chi connectivity index (χ1) is 9.64. The number of aryl methyl sites for hydroxylation is 1. The molecule has 0 aliphatic carbocycles. The molecule has 20 heavy (non-hydrogen) atoms. The predicted molar refractivity (Wildman–Crippen MR) is 79.4 cm³/mol. The Morgan fingerprint density at radius 1 is 1.45 bits per heavy atom. The molecule has 1 aromatic heterocycles. The van der Waals surface area contributed by atoms with Crippen LogP contribution in [0.3, 0.4) is 0 Å². The molecule has 0 spiro atoms. The fourth-order valence-corrected chi connectivity index (χ4v) is 3.26. The van der Waals surface area contributed by atoms with Gasteiger partial charge in [-0.15, -0.1) is 0 Å². The van der Waals surface area contributed by atoms with E-state index in [1.165, 1.54) is 12.5 Å². The van der Waals surface area contributed by atoms with Crippen molar-refractivity contribution in [3.63, 3.8) is 0 Å². The van der Waals surface area contributed by atoms with Crippen molar-refractivity contribution in [1.29, 1.82) is 0 Å². The number of benzene rings is 1. The third kappa shape index (κ3) is 2.22. The number of nitrogens with one attached hydrogen (secondary N) is 1. The molecule has 0 radical (unpaired) electrons. The third-order valence-corrected chi connectivity index (χ3v) is 4.29. The maximum atomic E-state index is 13.4. The molecular formula is C16H22FN3. The molecule has 1 aliphatic heterocycles. The van der Waals surface area contributed by atoms with E-state index in [2.05, 4.69) is 23.7 Å². The molecular weight excluding hydrogens is 253 g/mol. The lowest BCUT2D eigenvalue weighted by Gasteiger charge is -2.34. The Bertz CT molecular complexity index is 611. The molecule has 1 unspecified atom stereocenters. The van der Waals surface area contributed by atoms with Crippen LogP contribution in [0.15, 0.2) is 18.2 Å². The number of aromatic nitrogens is 2. The first kappa shape index (κ1) is 13.6. The van der Waals surface area contributed by atoms with Crippen molar-refractivity contribution in [3.05, 3.63) is 29.8 Å². The van der Waals surface area contributed by atoms with Gasteiger partial charge in [-0.25, -0.2) is 9.37 Å². The van der Waals surface area contributed by atoms with Crippen LogP contribution >= 0.6 is 0 Å². The van der Waals surface area contributed by atoms with Gasteiger partial charge in [0.15, 0.2) is 0 Å². The monoisotopic (exact) mass is 275 g/mol. The number of hydrogen-bond acceptors (Lipinski definition) is 2. The first-order valence-corrected chi connectivity index (χ1v) is 7.51. The van der Waals surface area contributed by atoms with Gasteiger partial charge in [-0.3, -0.25) is 0 Å². The lowest BCUT2D eigenvalue weighted by molar-refractivity contribution is 0.314. The summed E-state index contributed by atoms with van der Waals surface area (Å²) in [6, 6.07) is 4.93. The zero-order valence-corrected chi connectivity index (χ0v) is 12.2. The summed E-state index contributed by atoms with van der Waals surface area (Å²) in [5, 5.41) is 3.47. The van der Waals surface area contributed by atoms with E-state index >= 15 is 0 Å². The van der Waals surface area contributed by atoms with Crippen LogP contribution < -0.4 is 5.32 Å². The van der Waals surface area contributed by atoms with Gasteiger partial charge in [-0.2, -0.15) is 0 Å². The van der Waals surface area contributed by atoms with E-state index in [1.807, 2.05) is 6.07 Å². The van der Waals surface area contributed by atoms with Crippen molar-refractivity contribution in [2.24, 2.45) is 0 Å². The molecule has 0 bridgehead atoms. The van der Waals surface area contributed by atoms with Gasteiger partial charge in [-0.05, 0) is 37.9 Å². The summed E-state index contributed by atoms with van der Waals surface area (Å²) in [4.78, 5) is 4.77. The van der Waals surface area contributed by atoms with Gasteiger partial charge in [0.2, 0.25) is 0 Å². The largest absolute Gasteiger partial charge is 0.327 e. The number of halogens is 1. The van der Waals surface area contributed by atoms with Crippen LogP contribution in [0.4, 0.5) is 4.39 Å². The number of imidazole rings is 1. The number of piperidine rings is 1. The predicted octanol–water partition coefficient (Wildman–Crippen LogP) is 3.23. The van der Waals surface area contributed by atoms with Gasteiger partial charge in [0.1, 0.15) is 11.6 Å². The van der Waals surface area contributed by atoms with Crippen molar-refractivity contribution in [3.8, 4) is 0 Å². The molecule has 108 valence electrons. The molecule has 0 amide bonds. The van der Waals surface area contributed by atoms with Crippen molar-refractivity contribution >= 4 is 11.0 Å². The summed E-state index contributed by atoms with van der Waals surface area (Å²) in [6.45, 7) is 7.40. The molecule has 3 nitrogen and oxygen atoms in total. The minimum Gasteiger partial charge on any atom is -0.327 e. The van der Waals surface area contributed by atoms with Crippen molar-refractivity contribution in [1.82, 2.24) is 14.9 Å². The molecule has 3 rings (SSSR count). The molecule has 1 fully saturated rings. The smallest absolute Gasteiger partial charge is 0.125 e. The maximum Gasteiger partial charge on any atom is 0.125 e. The van der Waals surface area contributed by atoms with Gasteiger partial charge >= 0.3 is 0 Å². The summed E-state index contributed by atoms with van der Waals surface area (Å²) >= 11 is 0. The molecule has 1 N–H and O–H groups in total. The summed E-state index contributed by atoms with van der Waals surface area (Å²) in [6.07, 6.45) is 3.36. The molecule has 1 atom stereocenters. The first-order valence-electron chi connectivity index (χ1n) is 7.51. The second-order valence-electron chi connectivity index (χ2n) is 6.06. The van der Waals surface area contributed by atoms with Crippen LogP contribution in [0.5, 0.6) is 0 Å². The van der Waals surface area contributed by atoms with Crippen molar-refractivity contribution < 1.29 is 4.39 Å². The molecule has 1 aliphatic rings. The third-order valence-electron chi connectivity index (χ3n) is 4.29. The zero-order valence-electron chi connectivity index (χ0n) is 12.2. The van der Waals surface area contributed by atoms with Gasteiger partial charge in [0, 0.05) is 24.6 Å². The lowest BCUT2D eigenvalue weighted by Crippen LogP contribution is -2.42. The maximum absolute atomic E-state index is 13.4. The fraction of sp³-hybridized carbons (Fsp3) is 0.562. The van der Waals surface area contributed by atoms with E-state index in [4.69, 9.17) is 4.98 Å². The zero-order chi connectivity index (χ0) is 14.2. The summed E-state index contributed by atoms with van der Waals surface area (Å²) in [7, 11) is 0. The van der Waals surface area contributed by atoms with E-state index < -0.39 is 0 Å². The Hall–Kier alpha value is -1.42. The quantitative estimate of drug-likeness (QED) is 0.932. The molecule has 0 saturated carbocycles. The van der Waals surface area contributed by atoms with Crippen LogP contribution in [-0.4, -0.2) is 22.6 Å². The van der Waals surface area contributed by atoms with Gasteiger partial charge in [-0.1, -0.05) is 13.8 Å². The van der Waals surface area contributed by atoms with E-state index in [-0.39, 0.29) is 11.2 Å². The number of fused-ring (bicyclic) bond motifs is 1. The Morgan fingerprint density at radius 2 is 2.30 bits per heavy atom. The van der Waals surface area contributed by atoms with E-state index in [9.17, 15) is 4.39 Å². The van der Waals surface area contributed by atoms with Crippen LogP contribution in [0.25, 0.3) is 11.0 Å². The topological polar surface area (TPSA) is 29.9 Å². The van der Waals surface area contributed by atoms with Crippen LogP contribution in [0.1, 0.15) is 38.9 Å². The minimum absolute atomic E-state index is 0.0446. The SMILES string of the molecule is CCCn1c(C2(C)CCCNC2)nc2cc(F)ccc21. The van der Waals surface area contributed by atoms with Crippen LogP contribution in [0.2, 0.25) is 0 Å². The molecule has 2 aromatic rings. The van der Waals surface area contributed by atoms with E-state index in [0.717, 1.165) is 49.3 Å². The van der Waals surface area contributed by atoms with E-state index in [0.29, 0.717) is 0 Å². The Labute approximate surface area is 119 Å². The average Bonchev–Trinajstić information content (AvgIpc) is 2.79. The van der Waals surface area contributed by atoms with E-state index in [1.54, 1.807) is 6.07 Å². The molecule has 1 saturated heterocycles. The molecule has 1 aromatic carbocycles. The fourth-order valence-electron chi connectivity index (χ4n) is 3.26. The normalized spacial score (nSPS) is 23.4. The van der Waals surface area contributed by atoms with Gasteiger partial charge in [0.05, 0.1) is 11.0 Å². The second kappa shape index (κ2) is 5.17. The standard InChI is InChI=1S/C16H22FN3/c1-3-9-20-14-6-5-12(17)10-13(14)19-15(20)16(2)7-4-8-18-11-16/h5-6,10,18H,3-4,7-9,11H2,1-2H3. The minimum atomic E-state index is -0.211.